The van der Waals surface area contributed by atoms with E-state index in [1.54, 1.807) is 6.07 Å². The highest BCUT2D eigenvalue weighted by Gasteiger charge is 2.39. The lowest BCUT2D eigenvalue weighted by Gasteiger charge is -2.34. The van der Waals surface area contributed by atoms with Crippen LogP contribution in [-0.2, 0) is 5.54 Å². The number of aromatic nitrogens is 2. The number of halogens is 2. The molecule has 1 fully saturated rings. The molecule has 2 N–H and O–H groups in total. The van der Waals surface area contributed by atoms with Crippen molar-refractivity contribution in [3.8, 4) is 11.5 Å². The third-order valence-corrected chi connectivity index (χ3v) is 3.93. The molecule has 1 heterocycles. The number of benzene rings is 1. The lowest BCUT2D eigenvalue weighted by atomic mass is 9.77. The molecule has 18 heavy (non-hydrogen) atoms. The molecule has 94 valence electrons. The Balaban J connectivity index is 1.97. The predicted octanol–water partition coefficient (Wildman–Crippen LogP) is 2.98. The van der Waals surface area contributed by atoms with Gasteiger partial charge in [-0.25, -0.2) is 4.39 Å². The molecule has 1 aromatic carbocycles. The highest BCUT2D eigenvalue weighted by molar-refractivity contribution is 9.10. The first-order valence-corrected chi connectivity index (χ1v) is 6.46. The maximum Gasteiger partial charge on any atom is 0.259 e. The van der Waals surface area contributed by atoms with Crippen molar-refractivity contribution in [2.24, 2.45) is 5.73 Å². The van der Waals surface area contributed by atoms with Crippen molar-refractivity contribution in [1.82, 2.24) is 10.1 Å². The zero-order valence-electron chi connectivity index (χ0n) is 9.49. The van der Waals surface area contributed by atoms with Crippen LogP contribution >= 0.6 is 15.9 Å². The molecule has 0 radical (unpaired) electrons. The Bertz CT molecular complexity index is 595. The number of nitrogens with two attached hydrogens (primary N) is 1. The van der Waals surface area contributed by atoms with E-state index in [0.29, 0.717) is 21.8 Å². The molecular formula is C12H11BrFN3O. The first-order valence-electron chi connectivity index (χ1n) is 5.67. The molecule has 4 nitrogen and oxygen atoms in total. The van der Waals surface area contributed by atoms with Crippen LogP contribution in [0.2, 0.25) is 0 Å². The second-order valence-electron chi connectivity index (χ2n) is 4.56. The minimum atomic E-state index is -0.450. The molecule has 0 bridgehead atoms. The molecule has 0 spiro atoms. The zero-order chi connectivity index (χ0) is 12.8. The van der Waals surface area contributed by atoms with E-state index < -0.39 is 5.54 Å². The molecule has 3 rings (SSSR count). The summed E-state index contributed by atoms with van der Waals surface area (Å²) in [6.45, 7) is 0. The lowest BCUT2D eigenvalue weighted by Crippen LogP contribution is -2.44. The van der Waals surface area contributed by atoms with Gasteiger partial charge in [-0.2, -0.15) is 4.98 Å². The van der Waals surface area contributed by atoms with E-state index >= 15 is 0 Å². The first kappa shape index (κ1) is 11.8. The van der Waals surface area contributed by atoms with Crippen molar-refractivity contribution >= 4 is 15.9 Å². The minimum Gasteiger partial charge on any atom is -0.334 e. The van der Waals surface area contributed by atoms with Crippen molar-refractivity contribution in [3.63, 3.8) is 0 Å². The lowest BCUT2D eigenvalue weighted by molar-refractivity contribution is 0.229. The predicted molar refractivity (Wildman–Crippen MR) is 67.1 cm³/mol. The van der Waals surface area contributed by atoms with Gasteiger partial charge in [-0.15, -0.1) is 0 Å². The van der Waals surface area contributed by atoms with Crippen LogP contribution in [0.4, 0.5) is 4.39 Å². The van der Waals surface area contributed by atoms with E-state index in [4.69, 9.17) is 10.3 Å². The molecule has 1 aromatic heterocycles. The van der Waals surface area contributed by atoms with Gasteiger partial charge in [0.1, 0.15) is 5.82 Å². The van der Waals surface area contributed by atoms with Gasteiger partial charge < -0.3 is 10.3 Å². The molecule has 6 heteroatoms. The van der Waals surface area contributed by atoms with Crippen molar-refractivity contribution in [2.45, 2.75) is 24.8 Å². The van der Waals surface area contributed by atoms with Gasteiger partial charge in [0.15, 0.2) is 5.82 Å². The third kappa shape index (κ3) is 1.85. The maximum absolute atomic E-state index is 13.0. The van der Waals surface area contributed by atoms with E-state index in [0.717, 1.165) is 19.3 Å². The van der Waals surface area contributed by atoms with Crippen LogP contribution in [0.3, 0.4) is 0 Å². The van der Waals surface area contributed by atoms with Gasteiger partial charge in [0.25, 0.3) is 5.89 Å². The van der Waals surface area contributed by atoms with Crippen LogP contribution in [0.1, 0.15) is 25.1 Å². The Hall–Kier alpha value is -1.27. The number of rotatable bonds is 2. The minimum absolute atomic E-state index is 0.320. The Morgan fingerprint density at radius 1 is 1.39 bits per heavy atom. The summed E-state index contributed by atoms with van der Waals surface area (Å²) in [4.78, 5) is 4.31. The summed E-state index contributed by atoms with van der Waals surface area (Å²) in [7, 11) is 0. The van der Waals surface area contributed by atoms with Gasteiger partial charge in [-0.05, 0) is 53.4 Å². The molecule has 0 aliphatic heterocycles. The van der Waals surface area contributed by atoms with Gasteiger partial charge in [0.05, 0.1) is 11.1 Å². The summed E-state index contributed by atoms with van der Waals surface area (Å²) in [6.07, 6.45) is 2.83. The fourth-order valence-corrected chi connectivity index (χ4v) is 2.50. The SMILES string of the molecule is NC1(c2noc(-c3ccc(F)cc3Br)n2)CCC1. The fourth-order valence-electron chi connectivity index (χ4n) is 1.98. The monoisotopic (exact) mass is 311 g/mol. The second-order valence-corrected chi connectivity index (χ2v) is 5.41. The van der Waals surface area contributed by atoms with Crippen LogP contribution in [-0.4, -0.2) is 10.1 Å². The van der Waals surface area contributed by atoms with Crippen LogP contribution in [0.25, 0.3) is 11.5 Å². The van der Waals surface area contributed by atoms with E-state index in [2.05, 4.69) is 26.1 Å². The van der Waals surface area contributed by atoms with E-state index in [1.165, 1.54) is 12.1 Å². The van der Waals surface area contributed by atoms with Gasteiger partial charge in [0.2, 0.25) is 0 Å². The fraction of sp³-hybridized carbons (Fsp3) is 0.333. The summed E-state index contributed by atoms with van der Waals surface area (Å²) in [5, 5.41) is 3.92. The molecular weight excluding hydrogens is 301 g/mol. The smallest absolute Gasteiger partial charge is 0.259 e. The molecule has 0 atom stereocenters. The maximum atomic E-state index is 13.0. The standard InChI is InChI=1S/C12H11BrFN3O/c13-9-6-7(14)2-3-8(9)10-16-11(17-18-10)12(15)4-1-5-12/h2-3,6H,1,4-5,15H2. The van der Waals surface area contributed by atoms with Crippen LogP contribution in [0.5, 0.6) is 0 Å². The average Bonchev–Trinajstić information content (AvgIpc) is 2.75. The van der Waals surface area contributed by atoms with E-state index in [9.17, 15) is 4.39 Å². The number of nitrogens with zero attached hydrogens (tertiary/aromatic N) is 2. The average molecular weight is 312 g/mol. The van der Waals surface area contributed by atoms with E-state index in [-0.39, 0.29) is 5.82 Å². The molecule has 1 aliphatic carbocycles. The molecule has 1 saturated carbocycles. The number of hydrogen-bond acceptors (Lipinski definition) is 4. The van der Waals surface area contributed by atoms with Gasteiger partial charge >= 0.3 is 0 Å². The largest absolute Gasteiger partial charge is 0.334 e. The molecule has 0 saturated heterocycles. The summed E-state index contributed by atoms with van der Waals surface area (Å²) in [5.41, 5.74) is 6.34. The topological polar surface area (TPSA) is 64.9 Å². The Kier molecular flexibility index (Phi) is 2.71. The quantitative estimate of drug-likeness (QED) is 0.926. The second kappa shape index (κ2) is 4.13. The van der Waals surface area contributed by atoms with Gasteiger partial charge in [-0.1, -0.05) is 5.16 Å². The van der Waals surface area contributed by atoms with E-state index in [1.807, 2.05) is 0 Å². The normalized spacial score (nSPS) is 17.5. The summed E-state index contributed by atoms with van der Waals surface area (Å²) in [5.74, 6) is 0.563. The van der Waals surface area contributed by atoms with Gasteiger partial charge in [-0.3, -0.25) is 0 Å². The van der Waals surface area contributed by atoms with Crippen LogP contribution < -0.4 is 5.73 Å². The van der Waals surface area contributed by atoms with Crippen molar-refractivity contribution in [1.29, 1.82) is 0 Å². The van der Waals surface area contributed by atoms with Crippen LogP contribution in [0.15, 0.2) is 27.2 Å². The van der Waals surface area contributed by atoms with Crippen molar-refractivity contribution in [2.75, 3.05) is 0 Å². The molecule has 1 aliphatic rings. The molecule has 0 amide bonds. The zero-order valence-corrected chi connectivity index (χ0v) is 11.1. The molecule has 0 unspecified atom stereocenters. The highest BCUT2D eigenvalue weighted by Crippen LogP contribution is 2.38. The summed E-state index contributed by atoms with van der Waals surface area (Å²) in [6, 6.07) is 4.31. The summed E-state index contributed by atoms with van der Waals surface area (Å²) >= 11 is 3.28. The highest BCUT2D eigenvalue weighted by atomic mass is 79.9. The van der Waals surface area contributed by atoms with Crippen molar-refractivity contribution < 1.29 is 8.91 Å². The van der Waals surface area contributed by atoms with Crippen LogP contribution in [0, 0.1) is 5.82 Å². The first-order chi connectivity index (χ1) is 8.58. The Labute approximate surface area is 112 Å². The summed E-state index contributed by atoms with van der Waals surface area (Å²) < 4.78 is 18.8. The third-order valence-electron chi connectivity index (χ3n) is 3.28. The Morgan fingerprint density at radius 2 is 2.17 bits per heavy atom. The number of hydrogen-bond donors (Lipinski definition) is 1. The van der Waals surface area contributed by atoms with Crippen molar-refractivity contribution in [3.05, 3.63) is 34.3 Å². The molecule has 2 aromatic rings. The van der Waals surface area contributed by atoms with Gasteiger partial charge in [0, 0.05) is 4.47 Å². The Morgan fingerprint density at radius 3 is 2.78 bits per heavy atom.